The van der Waals surface area contributed by atoms with Gasteiger partial charge in [0.15, 0.2) is 0 Å². The number of anilines is 1. The molecule has 1 saturated carbocycles. The van der Waals surface area contributed by atoms with Gasteiger partial charge < -0.3 is 10.1 Å². The lowest BCUT2D eigenvalue weighted by Crippen LogP contribution is -2.34. The van der Waals surface area contributed by atoms with Gasteiger partial charge in [-0.1, -0.05) is 38.3 Å². The molecule has 0 aromatic heterocycles. The number of benzene rings is 1. The number of halogens is 1. The van der Waals surface area contributed by atoms with Crippen LogP contribution in [-0.2, 0) is 0 Å². The topological polar surface area (TPSA) is 21.3 Å². The van der Waals surface area contributed by atoms with Crippen molar-refractivity contribution in [3.63, 3.8) is 0 Å². The van der Waals surface area contributed by atoms with Crippen LogP contribution < -0.4 is 10.1 Å². The van der Waals surface area contributed by atoms with Crippen LogP contribution in [0.3, 0.4) is 0 Å². The van der Waals surface area contributed by atoms with Crippen molar-refractivity contribution in [3.05, 3.63) is 23.2 Å². The van der Waals surface area contributed by atoms with Gasteiger partial charge in [0.2, 0.25) is 0 Å². The Morgan fingerprint density at radius 3 is 2.78 bits per heavy atom. The highest BCUT2D eigenvalue weighted by atomic mass is 35.5. The molecule has 1 N–H and O–H groups in total. The number of nitrogens with one attached hydrogen (secondary N) is 1. The fraction of sp³-hybridized carbons (Fsp3) is 0.600. The monoisotopic (exact) mass is 267 g/mol. The van der Waals surface area contributed by atoms with Crippen LogP contribution in [-0.4, -0.2) is 13.2 Å². The van der Waals surface area contributed by atoms with Crippen LogP contribution in [0.15, 0.2) is 18.2 Å². The molecule has 0 saturated heterocycles. The summed E-state index contributed by atoms with van der Waals surface area (Å²) in [5.41, 5.74) is 1.10. The zero-order valence-corrected chi connectivity index (χ0v) is 12.1. The first-order valence-corrected chi connectivity index (χ1v) is 7.09. The lowest BCUT2D eigenvalue weighted by atomic mass is 9.78. The van der Waals surface area contributed by atoms with Crippen molar-refractivity contribution in [2.75, 3.05) is 12.4 Å². The third kappa shape index (κ3) is 2.92. The van der Waals surface area contributed by atoms with Crippen LogP contribution in [0.4, 0.5) is 5.69 Å². The van der Waals surface area contributed by atoms with Crippen LogP contribution in [0.2, 0.25) is 5.02 Å². The molecule has 3 unspecified atom stereocenters. The van der Waals surface area contributed by atoms with Gasteiger partial charge in [-0.3, -0.25) is 0 Å². The summed E-state index contributed by atoms with van der Waals surface area (Å²) in [7, 11) is 1.65. The molecule has 18 heavy (non-hydrogen) atoms. The Morgan fingerprint density at radius 1 is 1.28 bits per heavy atom. The van der Waals surface area contributed by atoms with E-state index in [0.717, 1.165) is 17.4 Å². The largest absolute Gasteiger partial charge is 0.495 e. The Hall–Kier alpha value is -0.890. The van der Waals surface area contributed by atoms with Crippen LogP contribution in [0, 0.1) is 11.8 Å². The van der Waals surface area contributed by atoms with Gasteiger partial charge in [-0.05, 0) is 30.4 Å². The minimum atomic E-state index is 0.555. The van der Waals surface area contributed by atoms with Crippen molar-refractivity contribution in [3.8, 4) is 5.75 Å². The average Bonchev–Trinajstić information content (AvgIpc) is 2.37. The van der Waals surface area contributed by atoms with Gasteiger partial charge in [-0.25, -0.2) is 0 Å². The maximum atomic E-state index is 6.04. The molecule has 100 valence electrons. The van der Waals surface area contributed by atoms with Gasteiger partial charge in [0.05, 0.1) is 12.1 Å². The molecule has 2 nitrogen and oxygen atoms in total. The summed E-state index contributed by atoms with van der Waals surface area (Å²) in [4.78, 5) is 0. The average molecular weight is 268 g/mol. The minimum Gasteiger partial charge on any atom is -0.495 e. The van der Waals surface area contributed by atoms with Gasteiger partial charge in [0, 0.05) is 17.8 Å². The van der Waals surface area contributed by atoms with E-state index in [0.29, 0.717) is 17.0 Å². The Balaban J connectivity index is 2.09. The molecule has 2 rings (SSSR count). The second-order valence-corrected chi connectivity index (χ2v) is 5.77. The molecule has 0 radical (unpaired) electrons. The molecule has 3 heteroatoms. The first-order chi connectivity index (χ1) is 8.61. The molecule has 1 aromatic rings. The number of methoxy groups -OCH3 is 1. The molecule has 0 amide bonds. The first-order valence-electron chi connectivity index (χ1n) is 6.72. The predicted octanol–water partition coefficient (Wildman–Crippen LogP) is 4.59. The SMILES string of the molecule is COc1cc(NC2CCCC(C)C2C)ccc1Cl. The van der Waals surface area contributed by atoms with E-state index in [1.165, 1.54) is 19.3 Å². The molecule has 1 aliphatic rings. The molecular weight excluding hydrogens is 246 g/mol. The summed E-state index contributed by atoms with van der Waals surface area (Å²) in [5.74, 6) is 2.24. The fourth-order valence-corrected chi connectivity index (χ4v) is 2.94. The number of hydrogen-bond acceptors (Lipinski definition) is 2. The second-order valence-electron chi connectivity index (χ2n) is 5.37. The van der Waals surface area contributed by atoms with Crippen LogP contribution in [0.1, 0.15) is 33.1 Å². The highest BCUT2D eigenvalue weighted by Crippen LogP contribution is 2.33. The van der Waals surface area contributed by atoms with Crippen LogP contribution in [0.25, 0.3) is 0 Å². The zero-order chi connectivity index (χ0) is 13.1. The van der Waals surface area contributed by atoms with E-state index in [1.54, 1.807) is 7.11 Å². The summed E-state index contributed by atoms with van der Waals surface area (Å²) >= 11 is 6.04. The summed E-state index contributed by atoms with van der Waals surface area (Å²) < 4.78 is 5.25. The normalized spacial score (nSPS) is 27.9. The highest BCUT2D eigenvalue weighted by Gasteiger charge is 2.26. The predicted molar refractivity (Wildman–Crippen MR) is 77.6 cm³/mol. The Morgan fingerprint density at radius 2 is 2.06 bits per heavy atom. The first kappa shape index (κ1) is 13.5. The van der Waals surface area contributed by atoms with Crippen LogP contribution in [0.5, 0.6) is 5.75 Å². The zero-order valence-electron chi connectivity index (χ0n) is 11.4. The third-order valence-electron chi connectivity index (χ3n) is 4.21. The van der Waals surface area contributed by atoms with Crippen molar-refractivity contribution < 1.29 is 4.74 Å². The van der Waals surface area contributed by atoms with Crippen molar-refractivity contribution in [1.82, 2.24) is 0 Å². The smallest absolute Gasteiger partial charge is 0.139 e. The highest BCUT2D eigenvalue weighted by molar-refractivity contribution is 6.32. The molecular formula is C15H22ClNO. The fourth-order valence-electron chi connectivity index (χ4n) is 2.75. The molecule has 1 aromatic carbocycles. The quantitative estimate of drug-likeness (QED) is 0.865. The van der Waals surface area contributed by atoms with Gasteiger partial charge in [-0.15, -0.1) is 0 Å². The molecule has 0 spiro atoms. The summed E-state index contributed by atoms with van der Waals surface area (Å²) in [6, 6.07) is 6.45. The van der Waals surface area contributed by atoms with Crippen molar-refractivity contribution in [2.24, 2.45) is 11.8 Å². The number of hydrogen-bond donors (Lipinski definition) is 1. The van der Waals surface area contributed by atoms with E-state index >= 15 is 0 Å². The standard InChI is InChI=1S/C15H22ClNO/c1-10-5-4-6-14(11(10)2)17-12-7-8-13(16)15(9-12)18-3/h7-11,14,17H,4-6H2,1-3H3. The van der Waals surface area contributed by atoms with Gasteiger partial charge in [0.1, 0.15) is 5.75 Å². The van der Waals surface area contributed by atoms with E-state index < -0.39 is 0 Å². The minimum absolute atomic E-state index is 0.555. The molecule has 1 aliphatic carbocycles. The Bertz CT molecular complexity index is 407. The third-order valence-corrected chi connectivity index (χ3v) is 4.52. The van der Waals surface area contributed by atoms with E-state index in [4.69, 9.17) is 16.3 Å². The lowest BCUT2D eigenvalue weighted by molar-refractivity contribution is 0.253. The number of ether oxygens (including phenoxy) is 1. The lowest BCUT2D eigenvalue weighted by Gasteiger charge is -2.35. The molecule has 1 fully saturated rings. The van der Waals surface area contributed by atoms with E-state index in [9.17, 15) is 0 Å². The van der Waals surface area contributed by atoms with Crippen molar-refractivity contribution in [2.45, 2.75) is 39.2 Å². The van der Waals surface area contributed by atoms with Gasteiger partial charge >= 0.3 is 0 Å². The summed E-state index contributed by atoms with van der Waals surface area (Å²) in [5, 5.41) is 4.28. The maximum absolute atomic E-state index is 6.04. The summed E-state index contributed by atoms with van der Waals surface area (Å²) in [6.07, 6.45) is 3.91. The molecule has 0 aliphatic heterocycles. The second kappa shape index (κ2) is 5.83. The van der Waals surface area contributed by atoms with E-state index in [1.807, 2.05) is 18.2 Å². The van der Waals surface area contributed by atoms with Gasteiger partial charge in [0.25, 0.3) is 0 Å². The summed E-state index contributed by atoms with van der Waals surface area (Å²) in [6.45, 7) is 4.69. The van der Waals surface area contributed by atoms with Crippen molar-refractivity contribution in [1.29, 1.82) is 0 Å². The van der Waals surface area contributed by atoms with E-state index in [2.05, 4.69) is 19.2 Å². The Kier molecular flexibility index (Phi) is 4.39. The van der Waals surface area contributed by atoms with E-state index in [-0.39, 0.29) is 0 Å². The maximum Gasteiger partial charge on any atom is 0.139 e. The van der Waals surface area contributed by atoms with Gasteiger partial charge in [-0.2, -0.15) is 0 Å². The van der Waals surface area contributed by atoms with Crippen molar-refractivity contribution >= 4 is 17.3 Å². The molecule has 3 atom stereocenters. The molecule has 0 heterocycles. The van der Waals surface area contributed by atoms with Crippen LogP contribution >= 0.6 is 11.6 Å². The number of rotatable bonds is 3. The Labute approximate surface area is 115 Å². The molecule has 0 bridgehead atoms.